The van der Waals surface area contributed by atoms with Gasteiger partial charge in [-0.3, -0.25) is 4.68 Å². The van der Waals surface area contributed by atoms with Gasteiger partial charge in [-0.1, -0.05) is 45.0 Å². The van der Waals surface area contributed by atoms with Crippen molar-refractivity contribution in [3.05, 3.63) is 47.0 Å². The molecule has 0 fully saturated rings. The maximum Gasteiger partial charge on any atom is 0.156 e. The number of hydrogen-bond acceptors (Lipinski definition) is 3. The van der Waals surface area contributed by atoms with Crippen LogP contribution >= 0.6 is 0 Å². The first-order valence-corrected chi connectivity index (χ1v) is 6.59. The molecular weight excluding hydrogens is 236 g/mol. The Morgan fingerprint density at radius 2 is 1.79 bits per heavy atom. The number of aryl methyl sites for hydroxylation is 1. The summed E-state index contributed by atoms with van der Waals surface area (Å²) in [4.78, 5) is 4.66. The van der Waals surface area contributed by atoms with E-state index in [1.54, 1.807) is 0 Å². The first kappa shape index (κ1) is 13.7. The number of hydrogen-bond donors (Lipinski definition) is 1. The highest BCUT2D eigenvalue weighted by Gasteiger charge is 2.21. The minimum atomic E-state index is -0.0244. The maximum absolute atomic E-state index is 5.77. The number of aromatic nitrogens is 3. The number of nitrogens with zero attached hydrogens (tertiary/aromatic N) is 3. The van der Waals surface area contributed by atoms with Crippen molar-refractivity contribution in [1.29, 1.82) is 0 Å². The topological polar surface area (TPSA) is 56.7 Å². The molecule has 1 aromatic carbocycles. The van der Waals surface area contributed by atoms with Crippen LogP contribution in [0.2, 0.25) is 0 Å². The lowest BCUT2D eigenvalue weighted by Crippen LogP contribution is -2.13. The Kier molecular flexibility index (Phi) is 3.71. The number of nitrogens with two attached hydrogens (primary N) is 1. The van der Waals surface area contributed by atoms with Crippen molar-refractivity contribution < 1.29 is 0 Å². The van der Waals surface area contributed by atoms with E-state index in [0.29, 0.717) is 6.54 Å². The van der Waals surface area contributed by atoms with E-state index in [2.05, 4.69) is 43.0 Å². The molecule has 102 valence electrons. The van der Waals surface area contributed by atoms with Crippen LogP contribution in [0.15, 0.2) is 24.3 Å². The predicted molar refractivity (Wildman–Crippen MR) is 76.8 cm³/mol. The summed E-state index contributed by atoms with van der Waals surface area (Å²) in [6, 6.07) is 8.22. The van der Waals surface area contributed by atoms with Crippen molar-refractivity contribution in [2.24, 2.45) is 12.8 Å². The quantitative estimate of drug-likeness (QED) is 0.918. The van der Waals surface area contributed by atoms with Crippen LogP contribution in [0.4, 0.5) is 0 Å². The van der Waals surface area contributed by atoms with Crippen LogP contribution < -0.4 is 5.73 Å². The largest absolute Gasteiger partial charge is 0.326 e. The Morgan fingerprint density at radius 3 is 2.32 bits per heavy atom. The average Bonchev–Trinajstić information content (AvgIpc) is 2.72. The van der Waals surface area contributed by atoms with Gasteiger partial charge in [0.25, 0.3) is 0 Å². The van der Waals surface area contributed by atoms with Gasteiger partial charge in [-0.15, -0.1) is 0 Å². The van der Waals surface area contributed by atoms with Gasteiger partial charge in [0, 0.05) is 25.4 Å². The molecule has 2 aromatic rings. The second-order valence-electron chi connectivity index (χ2n) is 5.87. The number of rotatable bonds is 3. The van der Waals surface area contributed by atoms with Gasteiger partial charge in [-0.05, 0) is 11.1 Å². The van der Waals surface area contributed by atoms with Crippen LogP contribution in [0, 0.1) is 0 Å². The fourth-order valence-electron chi connectivity index (χ4n) is 1.99. The third-order valence-corrected chi connectivity index (χ3v) is 3.21. The molecule has 0 aliphatic rings. The van der Waals surface area contributed by atoms with Crippen molar-refractivity contribution >= 4 is 0 Å². The van der Waals surface area contributed by atoms with E-state index in [0.717, 1.165) is 18.1 Å². The lowest BCUT2D eigenvalue weighted by Gasteiger charge is -2.12. The summed E-state index contributed by atoms with van der Waals surface area (Å²) in [6.07, 6.45) is 0.771. The summed E-state index contributed by atoms with van der Waals surface area (Å²) in [6.45, 7) is 6.93. The highest BCUT2D eigenvalue weighted by molar-refractivity contribution is 5.29. The average molecular weight is 258 g/mol. The lowest BCUT2D eigenvalue weighted by atomic mass is 9.96. The van der Waals surface area contributed by atoms with Crippen molar-refractivity contribution in [3.63, 3.8) is 0 Å². The second kappa shape index (κ2) is 5.13. The van der Waals surface area contributed by atoms with E-state index in [1.807, 2.05) is 23.9 Å². The Balaban J connectivity index is 2.31. The molecule has 0 radical (unpaired) electrons. The predicted octanol–water partition coefficient (Wildman–Crippen LogP) is 2.16. The van der Waals surface area contributed by atoms with Gasteiger partial charge < -0.3 is 5.73 Å². The first-order chi connectivity index (χ1) is 8.91. The first-order valence-electron chi connectivity index (χ1n) is 6.59. The molecule has 0 amide bonds. The Morgan fingerprint density at radius 1 is 1.16 bits per heavy atom. The van der Waals surface area contributed by atoms with E-state index in [9.17, 15) is 0 Å². The van der Waals surface area contributed by atoms with Crippen LogP contribution in [-0.4, -0.2) is 14.8 Å². The molecule has 19 heavy (non-hydrogen) atoms. The van der Waals surface area contributed by atoms with Gasteiger partial charge in [-0.2, -0.15) is 5.10 Å². The molecule has 0 aliphatic carbocycles. The standard InChI is InChI=1S/C15H22N4/c1-15(2,3)14-17-13(19(4)18-14)9-11-7-5-6-8-12(11)10-16/h5-8H,9-10,16H2,1-4H3. The molecule has 0 aliphatic heterocycles. The van der Waals surface area contributed by atoms with Gasteiger partial charge >= 0.3 is 0 Å². The molecule has 1 aromatic heterocycles. The summed E-state index contributed by atoms with van der Waals surface area (Å²) in [5, 5.41) is 4.51. The molecule has 1 heterocycles. The zero-order chi connectivity index (χ0) is 14.0. The molecule has 0 saturated carbocycles. The molecule has 0 unspecified atom stereocenters. The molecule has 4 heteroatoms. The zero-order valence-electron chi connectivity index (χ0n) is 12.1. The maximum atomic E-state index is 5.77. The second-order valence-corrected chi connectivity index (χ2v) is 5.87. The Labute approximate surface area is 114 Å². The summed E-state index contributed by atoms with van der Waals surface area (Å²) < 4.78 is 1.87. The smallest absolute Gasteiger partial charge is 0.156 e. The van der Waals surface area contributed by atoms with Crippen molar-refractivity contribution in [2.75, 3.05) is 0 Å². The van der Waals surface area contributed by atoms with E-state index in [-0.39, 0.29) is 5.41 Å². The van der Waals surface area contributed by atoms with Gasteiger partial charge in [0.2, 0.25) is 0 Å². The monoisotopic (exact) mass is 258 g/mol. The molecule has 0 spiro atoms. The lowest BCUT2D eigenvalue weighted by molar-refractivity contribution is 0.538. The van der Waals surface area contributed by atoms with Gasteiger partial charge in [0.15, 0.2) is 5.82 Å². The molecule has 4 nitrogen and oxygen atoms in total. The highest BCUT2D eigenvalue weighted by Crippen LogP contribution is 2.20. The summed E-state index contributed by atoms with van der Waals surface area (Å²) in [5.74, 6) is 1.86. The third kappa shape index (κ3) is 3.01. The summed E-state index contributed by atoms with van der Waals surface area (Å²) in [7, 11) is 1.95. The van der Waals surface area contributed by atoms with Crippen LogP contribution in [0.3, 0.4) is 0 Å². The SMILES string of the molecule is Cn1nc(C(C)(C)C)nc1Cc1ccccc1CN. The summed E-state index contributed by atoms with van der Waals surface area (Å²) >= 11 is 0. The zero-order valence-corrected chi connectivity index (χ0v) is 12.1. The normalized spacial score (nSPS) is 11.8. The van der Waals surface area contributed by atoms with Crippen LogP contribution in [-0.2, 0) is 25.4 Å². The van der Waals surface area contributed by atoms with E-state index in [1.165, 1.54) is 11.1 Å². The minimum Gasteiger partial charge on any atom is -0.326 e. The third-order valence-electron chi connectivity index (χ3n) is 3.21. The highest BCUT2D eigenvalue weighted by atomic mass is 15.3. The summed E-state index contributed by atoms with van der Waals surface area (Å²) in [5.41, 5.74) is 8.14. The molecular formula is C15H22N4. The fourth-order valence-corrected chi connectivity index (χ4v) is 1.99. The Hall–Kier alpha value is -1.68. The Bertz CT molecular complexity index is 564. The van der Waals surface area contributed by atoms with Crippen molar-refractivity contribution in [2.45, 2.75) is 39.2 Å². The van der Waals surface area contributed by atoms with Crippen LogP contribution in [0.5, 0.6) is 0 Å². The number of benzene rings is 1. The van der Waals surface area contributed by atoms with Crippen molar-refractivity contribution in [3.8, 4) is 0 Å². The van der Waals surface area contributed by atoms with Crippen LogP contribution in [0.25, 0.3) is 0 Å². The molecule has 2 N–H and O–H groups in total. The fraction of sp³-hybridized carbons (Fsp3) is 0.467. The minimum absolute atomic E-state index is 0.0244. The van der Waals surface area contributed by atoms with Gasteiger partial charge in [0.05, 0.1) is 0 Å². The molecule has 0 atom stereocenters. The van der Waals surface area contributed by atoms with E-state index < -0.39 is 0 Å². The van der Waals surface area contributed by atoms with Gasteiger partial charge in [-0.25, -0.2) is 4.98 Å². The van der Waals surface area contributed by atoms with Crippen LogP contribution in [0.1, 0.15) is 43.5 Å². The van der Waals surface area contributed by atoms with Gasteiger partial charge in [0.1, 0.15) is 5.82 Å². The van der Waals surface area contributed by atoms with E-state index in [4.69, 9.17) is 5.73 Å². The molecule has 2 rings (SSSR count). The van der Waals surface area contributed by atoms with Crippen molar-refractivity contribution in [1.82, 2.24) is 14.8 Å². The van der Waals surface area contributed by atoms with E-state index >= 15 is 0 Å². The molecule has 0 bridgehead atoms. The molecule has 0 saturated heterocycles.